The van der Waals surface area contributed by atoms with Crippen LogP contribution in [0.4, 0.5) is 0 Å². The Labute approximate surface area is 66.7 Å². The maximum atomic E-state index is 9.88. The molecule has 0 aliphatic heterocycles. The second-order valence-corrected chi connectivity index (χ2v) is 1.99. The van der Waals surface area contributed by atoms with E-state index in [1.54, 1.807) is 0 Å². The van der Waals surface area contributed by atoms with Crippen LogP contribution in [0.1, 0.15) is 20.3 Å². The van der Waals surface area contributed by atoms with E-state index in [9.17, 15) is 9.59 Å². The van der Waals surface area contributed by atoms with Crippen LogP contribution in [0.2, 0.25) is 0 Å². The van der Waals surface area contributed by atoms with Gasteiger partial charge in [-0.3, -0.25) is 9.59 Å². The zero-order chi connectivity index (χ0) is 9.28. The lowest BCUT2D eigenvalue weighted by Gasteiger charge is -1.80. The Morgan fingerprint density at radius 1 is 1.45 bits per heavy atom. The van der Waals surface area contributed by atoms with Crippen LogP contribution >= 0.6 is 0 Å². The summed E-state index contributed by atoms with van der Waals surface area (Å²) in [6.07, 6.45) is 1.57. The van der Waals surface area contributed by atoms with Crippen LogP contribution < -0.4 is 0 Å². The molecule has 0 saturated carbocycles. The van der Waals surface area contributed by atoms with Gasteiger partial charge in [-0.15, -0.1) is 0 Å². The van der Waals surface area contributed by atoms with Crippen LogP contribution in [0.3, 0.4) is 0 Å². The largest absolute Gasteiger partial charge is 0.396 e. The Morgan fingerprint density at radius 3 is 1.82 bits per heavy atom. The van der Waals surface area contributed by atoms with Gasteiger partial charge in [0.2, 0.25) is 0 Å². The van der Waals surface area contributed by atoms with Crippen molar-refractivity contribution >= 4 is 11.6 Å². The number of carbonyl (C=O) groups excluding carboxylic acids is 2. The first kappa shape index (κ1) is 12.7. The molecule has 0 radical (unpaired) electrons. The second kappa shape index (κ2) is 9.04. The zero-order valence-electron chi connectivity index (χ0n) is 6.96. The minimum Gasteiger partial charge on any atom is -0.396 e. The fraction of sp³-hybridized carbons (Fsp3) is 0.500. The molecule has 0 aliphatic carbocycles. The van der Waals surface area contributed by atoms with Crippen LogP contribution in [-0.4, -0.2) is 23.3 Å². The van der Waals surface area contributed by atoms with Crippen LogP contribution in [0.5, 0.6) is 0 Å². The molecule has 0 spiro atoms. The predicted molar refractivity (Wildman–Crippen MR) is 43.3 cm³/mol. The monoisotopic (exact) mass is 158 g/mol. The van der Waals surface area contributed by atoms with Gasteiger partial charge in [-0.05, 0) is 19.9 Å². The van der Waals surface area contributed by atoms with Crippen LogP contribution in [0, 0.1) is 0 Å². The summed E-state index contributed by atoms with van der Waals surface area (Å²) in [7, 11) is 0. The predicted octanol–water partition coefficient (Wildman–Crippen LogP) is 0.719. The number of carbonyl (C=O) groups is 2. The summed E-state index contributed by atoms with van der Waals surface area (Å²) < 4.78 is 0. The Balaban J connectivity index is 0. The highest BCUT2D eigenvalue weighted by molar-refractivity contribution is 5.86. The molecule has 0 bridgehead atoms. The summed E-state index contributed by atoms with van der Waals surface area (Å²) in [5.41, 5.74) is 0. The first-order valence-electron chi connectivity index (χ1n) is 3.27. The first-order chi connectivity index (χ1) is 5.04. The van der Waals surface area contributed by atoms with E-state index in [-0.39, 0.29) is 18.2 Å². The molecule has 11 heavy (non-hydrogen) atoms. The number of hydrogen-bond donors (Lipinski definition) is 1. The highest BCUT2D eigenvalue weighted by Gasteiger charge is 1.84. The van der Waals surface area contributed by atoms with E-state index in [0.29, 0.717) is 6.42 Å². The molecule has 0 atom stereocenters. The number of allylic oxidation sites excluding steroid dienone is 1. The van der Waals surface area contributed by atoms with E-state index in [1.165, 1.54) is 19.9 Å². The van der Waals surface area contributed by atoms with Gasteiger partial charge in [0.25, 0.3) is 0 Å². The summed E-state index contributed by atoms with van der Waals surface area (Å²) >= 11 is 0. The topological polar surface area (TPSA) is 54.4 Å². The molecule has 0 aromatic rings. The van der Waals surface area contributed by atoms with Crippen molar-refractivity contribution in [2.45, 2.75) is 20.3 Å². The fourth-order valence-corrected chi connectivity index (χ4v) is 0.157. The van der Waals surface area contributed by atoms with Gasteiger partial charge in [-0.25, -0.2) is 0 Å². The SMILES string of the molecule is C=CC(C)=O.CC(=O)CCO. The van der Waals surface area contributed by atoms with Gasteiger partial charge in [0.05, 0.1) is 0 Å². The number of aliphatic hydroxyl groups excluding tert-OH is 1. The number of hydrogen-bond acceptors (Lipinski definition) is 3. The minimum absolute atomic E-state index is 0.0185. The van der Waals surface area contributed by atoms with Crippen LogP contribution in [-0.2, 0) is 9.59 Å². The van der Waals surface area contributed by atoms with Crippen molar-refractivity contribution in [1.29, 1.82) is 0 Å². The molecule has 64 valence electrons. The summed E-state index contributed by atoms with van der Waals surface area (Å²) in [5.74, 6) is 0.0579. The third-order valence-electron chi connectivity index (χ3n) is 0.751. The summed E-state index contributed by atoms with van der Waals surface area (Å²) in [5, 5.41) is 8.02. The molecule has 3 heteroatoms. The first-order valence-corrected chi connectivity index (χ1v) is 3.27. The van der Waals surface area contributed by atoms with E-state index < -0.39 is 0 Å². The molecule has 0 saturated heterocycles. The number of rotatable bonds is 3. The van der Waals surface area contributed by atoms with Crippen LogP contribution in [0.15, 0.2) is 12.7 Å². The van der Waals surface area contributed by atoms with Gasteiger partial charge in [0, 0.05) is 13.0 Å². The lowest BCUT2D eigenvalue weighted by atomic mass is 10.3. The third-order valence-corrected chi connectivity index (χ3v) is 0.751. The zero-order valence-corrected chi connectivity index (χ0v) is 6.96. The van der Waals surface area contributed by atoms with Crippen molar-refractivity contribution in [3.8, 4) is 0 Å². The Bertz CT molecular complexity index is 138. The summed E-state index contributed by atoms with van der Waals surface area (Å²) in [6, 6.07) is 0. The summed E-state index contributed by atoms with van der Waals surface area (Å²) in [4.78, 5) is 19.6. The number of Topliss-reactive ketones (excluding diaryl/α,β-unsaturated/α-hetero) is 1. The van der Waals surface area contributed by atoms with Gasteiger partial charge in [-0.1, -0.05) is 6.58 Å². The Kier molecular flexibility index (Phi) is 10.4. The van der Waals surface area contributed by atoms with Crippen LogP contribution in [0.25, 0.3) is 0 Å². The maximum absolute atomic E-state index is 9.88. The molecule has 1 N–H and O–H groups in total. The molecule has 0 rings (SSSR count). The van der Waals surface area contributed by atoms with Gasteiger partial charge < -0.3 is 5.11 Å². The number of aliphatic hydroxyl groups is 1. The van der Waals surface area contributed by atoms with Gasteiger partial charge in [0.1, 0.15) is 5.78 Å². The van der Waals surface area contributed by atoms with E-state index in [1.807, 2.05) is 0 Å². The Morgan fingerprint density at radius 2 is 1.82 bits per heavy atom. The lowest BCUT2D eigenvalue weighted by Crippen LogP contribution is -1.92. The normalized spacial score (nSPS) is 7.55. The molecule has 0 aliphatic rings. The molecule has 0 aromatic heterocycles. The lowest BCUT2D eigenvalue weighted by molar-refractivity contribution is -0.117. The van der Waals surface area contributed by atoms with E-state index in [2.05, 4.69) is 6.58 Å². The van der Waals surface area contributed by atoms with Gasteiger partial charge in [-0.2, -0.15) is 0 Å². The highest BCUT2D eigenvalue weighted by atomic mass is 16.3. The van der Waals surface area contributed by atoms with E-state index in [0.717, 1.165) is 0 Å². The quantitative estimate of drug-likeness (QED) is 0.616. The van der Waals surface area contributed by atoms with Crippen molar-refractivity contribution < 1.29 is 14.7 Å². The molecular formula is C8H14O3. The average molecular weight is 158 g/mol. The maximum Gasteiger partial charge on any atom is 0.152 e. The molecule has 0 amide bonds. The molecule has 0 heterocycles. The molecular weight excluding hydrogens is 144 g/mol. The molecule has 0 unspecified atom stereocenters. The Hall–Kier alpha value is -0.960. The fourth-order valence-electron chi connectivity index (χ4n) is 0.157. The van der Waals surface area contributed by atoms with Gasteiger partial charge in [0.15, 0.2) is 5.78 Å². The van der Waals surface area contributed by atoms with Crippen molar-refractivity contribution in [3.05, 3.63) is 12.7 Å². The van der Waals surface area contributed by atoms with Crippen molar-refractivity contribution in [2.75, 3.05) is 6.61 Å². The van der Waals surface area contributed by atoms with E-state index >= 15 is 0 Å². The molecule has 0 fully saturated rings. The van der Waals surface area contributed by atoms with Crippen molar-refractivity contribution in [3.63, 3.8) is 0 Å². The summed E-state index contributed by atoms with van der Waals surface area (Å²) in [6.45, 7) is 6.11. The van der Waals surface area contributed by atoms with E-state index in [4.69, 9.17) is 5.11 Å². The van der Waals surface area contributed by atoms with Crippen molar-refractivity contribution in [2.24, 2.45) is 0 Å². The third kappa shape index (κ3) is 27.5. The average Bonchev–Trinajstić information content (AvgIpc) is 1.89. The standard InChI is InChI=1S/C4H8O2.C4H6O/c1-4(6)2-3-5;1-3-4(2)5/h5H,2-3H2,1H3;3H,1H2,2H3. The van der Waals surface area contributed by atoms with Crippen molar-refractivity contribution in [1.82, 2.24) is 0 Å². The number of ketones is 2. The highest BCUT2D eigenvalue weighted by Crippen LogP contribution is 1.74. The second-order valence-electron chi connectivity index (χ2n) is 1.99. The minimum atomic E-state index is -0.0185. The smallest absolute Gasteiger partial charge is 0.152 e. The molecule has 0 aromatic carbocycles. The van der Waals surface area contributed by atoms with Gasteiger partial charge >= 0.3 is 0 Å². The molecule has 3 nitrogen and oxygen atoms in total.